The van der Waals surface area contributed by atoms with E-state index in [0.29, 0.717) is 28.6 Å². The number of nitrogens with zero attached hydrogens (tertiary/aromatic N) is 10. The van der Waals surface area contributed by atoms with Crippen molar-refractivity contribution in [1.82, 2.24) is 49.8 Å². The number of aromatic nitrogens is 10. The zero-order valence-electron chi connectivity index (χ0n) is 70.9. The van der Waals surface area contributed by atoms with Gasteiger partial charge in [-0.25, -0.2) is 24.9 Å². The third-order valence-electron chi connectivity index (χ3n) is 24.5. The molecule has 137 heavy (non-hydrogen) atoms. The highest BCUT2D eigenvalue weighted by molar-refractivity contribution is 8.05. The Kier molecular flexibility index (Phi) is 20.3. The maximum atomic E-state index is 6.27. The summed E-state index contributed by atoms with van der Waals surface area (Å²) in [5.41, 5.74) is 17.2. The van der Waals surface area contributed by atoms with Gasteiger partial charge in [0.15, 0.2) is 0 Å². The minimum absolute atomic E-state index is 0.161. The van der Waals surface area contributed by atoms with Gasteiger partial charge in [0.05, 0.1) is 55.4 Å². The molecule has 16 aromatic carbocycles. The Morgan fingerprint density at radius 1 is 0.204 bits per heavy atom. The molecule has 1 aliphatic heterocycles. The van der Waals surface area contributed by atoms with Crippen molar-refractivity contribution >= 4 is 298 Å². The lowest BCUT2D eigenvalue weighted by molar-refractivity contribution is 0.652. The van der Waals surface area contributed by atoms with Crippen LogP contribution in [0.1, 0.15) is 0 Å². The van der Waals surface area contributed by atoms with E-state index in [1.165, 1.54) is 65.3 Å². The number of fused-ring (bicyclic) bond motifs is 29. The smallest absolute Gasteiger partial charge is 0.232 e. The second-order valence-corrected chi connectivity index (χ2v) is 38.5. The first-order chi connectivity index (χ1) is 67.4. The number of thiophene rings is 2. The van der Waals surface area contributed by atoms with Crippen LogP contribution in [0, 0.1) is 0 Å². The predicted octanol–water partition coefficient (Wildman–Crippen LogP) is 35.0. The first kappa shape index (κ1) is 82.5. The molecular formula is C112H57Cl5N10O6S4. The molecule has 29 aromatic rings. The second kappa shape index (κ2) is 33.7. The van der Waals surface area contributed by atoms with Crippen LogP contribution in [0.15, 0.2) is 392 Å². The lowest BCUT2D eigenvalue weighted by Gasteiger charge is -2.20. The minimum atomic E-state index is 0.161. The molecular weight excluding hydrogens is 1890 g/mol. The molecule has 0 unspecified atom stereocenters. The largest absolute Gasteiger partial charge is 0.456 e. The van der Waals surface area contributed by atoms with Gasteiger partial charge in [-0.1, -0.05) is 266 Å². The summed E-state index contributed by atoms with van der Waals surface area (Å²) in [7, 11) is 0. The monoisotopic (exact) mass is 1940 g/mol. The van der Waals surface area contributed by atoms with Gasteiger partial charge in [-0.3, -0.25) is 0 Å². The summed E-state index contributed by atoms with van der Waals surface area (Å²) in [6.45, 7) is 0. The Morgan fingerprint density at radius 2 is 0.569 bits per heavy atom. The molecule has 650 valence electrons. The Morgan fingerprint density at radius 3 is 1.15 bits per heavy atom. The first-order valence-electron chi connectivity index (χ1n) is 43.4. The topological polar surface area (TPSA) is 208 Å². The summed E-state index contributed by atoms with van der Waals surface area (Å²) in [4.78, 5) is 49.4. The number of halogens is 5. The van der Waals surface area contributed by atoms with Crippen molar-refractivity contribution in [2.45, 2.75) is 19.6 Å². The summed E-state index contributed by atoms with van der Waals surface area (Å²) in [5, 5.41) is 21.9. The fraction of sp³-hybridized carbons (Fsp3) is 0. The van der Waals surface area contributed by atoms with E-state index in [1.54, 1.807) is 46.2 Å². The van der Waals surface area contributed by atoms with E-state index in [9.17, 15) is 0 Å². The zero-order chi connectivity index (χ0) is 91.2. The van der Waals surface area contributed by atoms with Gasteiger partial charge in [0.1, 0.15) is 39.1 Å². The van der Waals surface area contributed by atoms with Gasteiger partial charge >= 0.3 is 0 Å². The van der Waals surface area contributed by atoms with Crippen molar-refractivity contribution in [3.63, 3.8) is 0 Å². The summed E-state index contributed by atoms with van der Waals surface area (Å²) in [6.07, 6.45) is 0. The van der Waals surface area contributed by atoms with Gasteiger partial charge in [-0.2, -0.15) is 24.9 Å². The highest BCUT2D eigenvalue weighted by atomic mass is 35.5. The Hall–Kier alpha value is -15.2. The molecule has 0 saturated heterocycles. The third-order valence-corrected chi connectivity index (χ3v) is 30.4. The van der Waals surface area contributed by atoms with E-state index >= 15 is 0 Å². The summed E-state index contributed by atoms with van der Waals surface area (Å²) in [6, 6.07) is 117. The first-order valence-corrected chi connectivity index (χ1v) is 48.5. The van der Waals surface area contributed by atoms with E-state index in [-0.39, 0.29) is 26.4 Å². The Bertz CT molecular complexity index is 9830. The lowest BCUT2D eigenvalue weighted by Crippen LogP contribution is -1.95. The SMILES string of the molecule is Clc1nc(-c2ccc3ccccc3c2)c2c(n1)oc1c3ccccc3ccc12.Clc1nc(-c2ccc3oc4ccccc4c3c2)c2c(n1)oc1ccccc12.Clc1nc(-c2ccc3sc4ccccc4c3c2)c2c(n1)oc1ccccc12.Clc1nc(-c2cccc3c2Sc2ccccc2S3)c2c(n1)oc1ccccc12.Clc1nc(-c2cccc3c2sc2ccccc23)c2c(n1)oc1ccccc12. The third kappa shape index (κ3) is 14.5. The number of furan rings is 6. The van der Waals surface area contributed by atoms with Crippen LogP contribution in [-0.2, 0) is 0 Å². The standard InChI is InChI=1S/C24H13ClN2O.C22H11ClN2O2.C22H11ClN2OS2.2C22H11ClN2OS/c25-24-26-21(17-10-9-14-5-1-2-7-16(14)13-17)20-19-12-11-15-6-3-4-8-18(15)22(19)28-23(20)27-24;23-22-24-20(19-14-6-2-4-8-17(14)27-21(19)25-22)12-9-10-18-15(11-12)13-5-1-3-7-16(13)26-18;23-22-24-19(18-12-6-1-2-8-14(12)26-21(18)25-22)13-7-5-11-17-20(13)28-16-10-4-3-9-15(16)27-17;23-22-24-19(18-14-7-1-3-10-16(14)26-21(18)25-22)15-9-5-8-13-12-6-2-4-11-17(12)27-20(13)15;23-22-24-20(19-14-6-1-3-7-16(14)26-21(19)25-22)12-9-10-18-15(11-12)13-5-2-4-8-17(13)27-18/h1-13H;1-11H;1-11H;2*1-11H. The summed E-state index contributed by atoms with van der Waals surface area (Å²) < 4.78 is 40.8. The van der Waals surface area contributed by atoms with Gasteiger partial charge in [-0.05, 0) is 177 Å². The fourth-order valence-corrected chi connectivity index (χ4v) is 24.0. The number of rotatable bonds is 5. The van der Waals surface area contributed by atoms with Crippen LogP contribution in [0.3, 0.4) is 0 Å². The molecule has 13 aromatic heterocycles. The fourth-order valence-electron chi connectivity index (χ4n) is 18.5. The minimum Gasteiger partial charge on any atom is -0.456 e. The molecule has 0 spiro atoms. The Balaban J connectivity index is 0.0000000887. The molecule has 1 aliphatic rings. The van der Waals surface area contributed by atoms with E-state index in [4.69, 9.17) is 84.5 Å². The second-order valence-electron chi connectivity index (χ2n) is 32.5. The average molecular weight is 1940 g/mol. The molecule has 30 rings (SSSR count). The van der Waals surface area contributed by atoms with Crippen molar-refractivity contribution in [3.8, 4) is 56.3 Å². The lowest BCUT2D eigenvalue weighted by atomic mass is 10.0. The number of para-hydroxylation sites is 5. The molecule has 0 bridgehead atoms. The van der Waals surface area contributed by atoms with Crippen LogP contribution < -0.4 is 0 Å². The predicted molar refractivity (Wildman–Crippen MR) is 562 cm³/mol. The van der Waals surface area contributed by atoms with Crippen LogP contribution in [0.2, 0.25) is 26.4 Å². The molecule has 16 nitrogen and oxygen atoms in total. The molecule has 0 saturated carbocycles. The number of hydrogen-bond donors (Lipinski definition) is 0. The molecule has 0 aliphatic carbocycles. The number of hydrogen-bond acceptors (Lipinski definition) is 20. The maximum Gasteiger partial charge on any atom is 0.232 e. The molecule has 0 N–H and O–H groups in total. The van der Waals surface area contributed by atoms with Gasteiger partial charge in [0.25, 0.3) is 0 Å². The highest BCUT2D eigenvalue weighted by Gasteiger charge is 2.28. The van der Waals surface area contributed by atoms with E-state index < -0.39 is 0 Å². The van der Waals surface area contributed by atoms with E-state index in [0.717, 1.165) is 176 Å². The van der Waals surface area contributed by atoms with Crippen molar-refractivity contribution in [1.29, 1.82) is 0 Å². The molecule has 0 fully saturated rings. The molecule has 0 atom stereocenters. The maximum absolute atomic E-state index is 6.27. The van der Waals surface area contributed by atoms with Crippen LogP contribution in [-0.4, -0.2) is 49.8 Å². The van der Waals surface area contributed by atoms with E-state index in [2.05, 4.69) is 244 Å². The van der Waals surface area contributed by atoms with Gasteiger partial charge < -0.3 is 26.5 Å². The normalized spacial score (nSPS) is 12.1. The Labute approximate surface area is 815 Å². The van der Waals surface area contributed by atoms with Crippen molar-refractivity contribution in [2.24, 2.45) is 0 Å². The van der Waals surface area contributed by atoms with Crippen LogP contribution in [0.5, 0.6) is 0 Å². The average Bonchev–Trinajstić information content (AvgIpc) is 1.72. The van der Waals surface area contributed by atoms with Crippen LogP contribution in [0.25, 0.3) is 250 Å². The quantitative estimate of drug-likeness (QED) is 0.147. The van der Waals surface area contributed by atoms with Crippen molar-refractivity contribution < 1.29 is 26.5 Å². The van der Waals surface area contributed by atoms with Crippen molar-refractivity contribution in [2.75, 3.05) is 0 Å². The molecule has 0 radical (unpaired) electrons. The van der Waals surface area contributed by atoms with Gasteiger partial charge in [0, 0.05) is 131 Å². The molecule has 14 heterocycles. The van der Waals surface area contributed by atoms with Gasteiger partial charge in [-0.15, -0.1) is 22.7 Å². The summed E-state index contributed by atoms with van der Waals surface area (Å²) in [5.74, 6) is 0. The summed E-state index contributed by atoms with van der Waals surface area (Å²) >= 11 is 38.3. The van der Waals surface area contributed by atoms with E-state index in [1.807, 2.05) is 152 Å². The zero-order valence-corrected chi connectivity index (χ0v) is 77.9. The van der Waals surface area contributed by atoms with Crippen LogP contribution >= 0.6 is 104 Å². The van der Waals surface area contributed by atoms with Crippen molar-refractivity contribution in [3.05, 3.63) is 372 Å². The highest BCUT2D eigenvalue weighted by Crippen LogP contribution is 2.54. The van der Waals surface area contributed by atoms with Crippen LogP contribution in [0.4, 0.5) is 0 Å². The molecule has 25 heteroatoms. The number of benzene rings is 16. The van der Waals surface area contributed by atoms with Gasteiger partial charge in [0.2, 0.25) is 55.0 Å². The molecule has 0 amide bonds.